The van der Waals surface area contributed by atoms with Crippen LogP contribution in [0, 0.1) is 17.0 Å². The summed E-state index contributed by atoms with van der Waals surface area (Å²) >= 11 is 0. The summed E-state index contributed by atoms with van der Waals surface area (Å²) in [7, 11) is 0. The van der Waals surface area contributed by atoms with Gasteiger partial charge in [-0.15, -0.1) is 0 Å². The maximum absolute atomic E-state index is 14.9. The molecule has 184 valence electrons. The fourth-order valence-corrected chi connectivity index (χ4v) is 5.58. The maximum Gasteiger partial charge on any atom is 0.200 e. The van der Waals surface area contributed by atoms with Crippen molar-refractivity contribution in [2.24, 2.45) is 5.41 Å². The van der Waals surface area contributed by atoms with Crippen molar-refractivity contribution in [2.45, 2.75) is 83.7 Å². The van der Waals surface area contributed by atoms with Gasteiger partial charge in [-0.1, -0.05) is 69.7 Å². The number of hydrogen-bond acceptors (Lipinski definition) is 2. The minimum atomic E-state index is -0.897. The lowest BCUT2D eigenvalue weighted by atomic mass is 9.64. The van der Waals surface area contributed by atoms with E-state index in [0.29, 0.717) is 18.1 Å². The third-order valence-corrected chi connectivity index (χ3v) is 7.98. The van der Waals surface area contributed by atoms with Crippen LogP contribution in [0.3, 0.4) is 0 Å². The molecular formula is C30H38F2O2. The van der Waals surface area contributed by atoms with E-state index in [9.17, 15) is 8.78 Å². The fourth-order valence-electron chi connectivity index (χ4n) is 5.58. The first-order valence-corrected chi connectivity index (χ1v) is 12.8. The van der Waals surface area contributed by atoms with Crippen molar-refractivity contribution in [3.8, 4) is 5.75 Å². The van der Waals surface area contributed by atoms with Crippen LogP contribution >= 0.6 is 0 Å². The molecule has 4 rings (SSSR count). The van der Waals surface area contributed by atoms with Gasteiger partial charge in [0.15, 0.2) is 11.6 Å². The lowest BCUT2D eigenvalue weighted by Gasteiger charge is -2.45. The Bertz CT molecular complexity index is 1010. The van der Waals surface area contributed by atoms with Crippen LogP contribution in [-0.4, -0.2) is 19.3 Å². The molecule has 0 N–H and O–H groups in total. The molecule has 0 amide bonds. The average Bonchev–Trinajstić information content (AvgIpc) is 2.85. The van der Waals surface area contributed by atoms with Gasteiger partial charge in [-0.2, -0.15) is 4.39 Å². The van der Waals surface area contributed by atoms with Crippen molar-refractivity contribution in [2.75, 3.05) is 13.2 Å². The Balaban J connectivity index is 1.43. The molecule has 34 heavy (non-hydrogen) atoms. The van der Waals surface area contributed by atoms with Gasteiger partial charge in [0.1, 0.15) is 0 Å². The molecule has 0 spiro atoms. The van der Waals surface area contributed by atoms with Gasteiger partial charge in [0.2, 0.25) is 5.82 Å². The molecule has 2 aliphatic rings. The molecule has 0 bridgehead atoms. The van der Waals surface area contributed by atoms with Gasteiger partial charge in [0.05, 0.1) is 19.3 Å². The highest BCUT2D eigenvalue weighted by Gasteiger charge is 2.42. The van der Waals surface area contributed by atoms with Crippen LogP contribution in [-0.2, 0) is 16.6 Å². The second-order valence-corrected chi connectivity index (χ2v) is 10.5. The van der Waals surface area contributed by atoms with E-state index < -0.39 is 17.0 Å². The number of benzene rings is 2. The summed E-state index contributed by atoms with van der Waals surface area (Å²) in [5.41, 5.74) is 2.50. The van der Waals surface area contributed by atoms with Crippen LogP contribution in [0.2, 0.25) is 0 Å². The monoisotopic (exact) mass is 468 g/mol. The van der Waals surface area contributed by atoms with Crippen LogP contribution in [0.4, 0.5) is 8.78 Å². The molecular weight excluding hydrogens is 430 g/mol. The van der Waals surface area contributed by atoms with Crippen LogP contribution in [0.1, 0.15) is 82.4 Å². The molecule has 0 saturated carbocycles. The van der Waals surface area contributed by atoms with Gasteiger partial charge in [-0.05, 0) is 56.2 Å². The second-order valence-electron chi connectivity index (χ2n) is 10.5. The summed E-state index contributed by atoms with van der Waals surface area (Å²) in [4.78, 5) is 0. The van der Waals surface area contributed by atoms with Crippen LogP contribution in [0.25, 0.3) is 0 Å². The lowest BCUT2D eigenvalue weighted by molar-refractivity contribution is -0.0584. The predicted octanol–water partition coefficient (Wildman–Crippen LogP) is 7.89. The van der Waals surface area contributed by atoms with E-state index in [0.717, 1.165) is 38.7 Å². The number of hydrogen-bond donors (Lipinski definition) is 0. The Kier molecular flexibility index (Phi) is 7.47. The summed E-state index contributed by atoms with van der Waals surface area (Å²) in [6.45, 7) is 9.23. The van der Waals surface area contributed by atoms with Gasteiger partial charge >= 0.3 is 0 Å². The average molecular weight is 469 g/mol. The standard InChI is InChI=1S/C30H38F2O2/c1-5-7-21-8-10-22(11-9-21)23-12-15-26(34-20-23)30(4)18-16-29(3,17-19-30)24-13-14-25(33-6-2)28(32)27(24)31/h8-11,13-14,16,18,23,26H,5-7,12,15,17,19-20H2,1-4H3. The maximum atomic E-state index is 14.9. The van der Waals surface area contributed by atoms with Gasteiger partial charge < -0.3 is 9.47 Å². The first-order chi connectivity index (χ1) is 16.3. The largest absolute Gasteiger partial charge is 0.491 e. The number of ether oxygens (including phenoxy) is 2. The van der Waals surface area contributed by atoms with Crippen molar-refractivity contribution >= 4 is 0 Å². The second kappa shape index (κ2) is 10.2. The Hall–Kier alpha value is -2.20. The quantitative estimate of drug-likeness (QED) is 0.385. The van der Waals surface area contributed by atoms with E-state index >= 15 is 0 Å². The van der Waals surface area contributed by atoms with E-state index in [-0.39, 0.29) is 17.3 Å². The number of allylic oxidation sites excluding steroid dienone is 1. The Morgan fingerprint density at radius 1 is 0.941 bits per heavy atom. The molecule has 1 aliphatic carbocycles. The molecule has 2 nitrogen and oxygen atoms in total. The molecule has 4 unspecified atom stereocenters. The van der Waals surface area contributed by atoms with Gasteiger partial charge in [0.25, 0.3) is 0 Å². The van der Waals surface area contributed by atoms with Gasteiger partial charge in [-0.3, -0.25) is 0 Å². The van der Waals surface area contributed by atoms with E-state index in [1.165, 1.54) is 17.5 Å². The Labute approximate surface area is 203 Å². The topological polar surface area (TPSA) is 18.5 Å². The fraction of sp³-hybridized carbons (Fsp3) is 0.533. The highest BCUT2D eigenvalue weighted by atomic mass is 19.2. The van der Waals surface area contributed by atoms with Crippen LogP contribution in [0.5, 0.6) is 5.75 Å². The van der Waals surface area contributed by atoms with E-state index in [1.54, 1.807) is 19.1 Å². The summed E-state index contributed by atoms with van der Waals surface area (Å²) in [6.07, 6.45) is 10.4. The van der Waals surface area contributed by atoms with Crippen LogP contribution in [0.15, 0.2) is 48.6 Å². The zero-order valence-corrected chi connectivity index (χ0v) is 21.0. The molecule has 1 aliphatic heterocycles. The number of aryl methyl sites for hydroxylation is 1. The summed E-state index contributed by atoms with van der Waals surface area (Å²) in [5.74, 6) is -1.29. The summed E-state index contributed by atoms with van der Waals surface area (Å²) in [5, 5.41) is 0. The molecule has 4 atom stereocenters. The van der Waals surface area contributed by atoms with E-state index in [2.05, 4.69) is 50.3 Å². The molecule has 1 saturated heterocycles. The number of halogens is 2. The smallest absolute Gasteiger partial charge is 0.200 e. The predicted molar refractivity (Wildman–Crippen MR) is 134 cm³/mol. The van der Waals surface area contributed by atoms with Gasteiger partial charge in [0, 0.05) is 22.3 Å². The Morgan fingerprint density at radius 2 is 1.71 bits per heavy atom. The summed E-state index contributed by atoms with van der Waals surface area (Å²) < 4.78 is 41.1. The molecule has 0 radical (unpaired) electrons. The van der Waals surface area contributed by atoms with Crippen molar-refractivity contribution in [1.29, 1.82) is 0 Å². The third-order valence-electron chi connectivity index (χ3n) is 7.98. The molecule has 1 heterocycles. The zero-order chi connectivity index (χ0) is 24.3. The SMILES string of the molecule is CCCc1ccc(C2CCC(C3(C)C=CC(C)(c4ccc(OCC)c(F)c4F)CC3)OC2)cc1. The number of rotatable bonds is 7. The summed E-state index contributed by atoms with van der Waals surface area (Å²) in [6, 6.07) is 12.2. The van der Waals surface area contributed by atoms with Crippen molar-refractivity contribution in [3.63, 3.8) is 0 Å². The van der Waals surface area contributed by atoms with Crippen molar-refractivity contribution in [3.05, 3.63) is 76.9 Å². The molecule has 2 aromatic carbocycles. The van der Waals surface area contributed by atoms with E-state index in [1.807, 2.05) is 6.92 Å². The highest BCUT2D eigenvalue weighted by Crippen LogP contribution is 2.48. The molecule has 4 heteroatoms. The zero-order valence-electron chi connectivity index (χ0n) is 21.0. The normalized spacial score (nSPS) is 29.2. The molecule has 1 fully saturated rings. The Morgan fingerprint density at radius 3 is 2.29 bits per heavy atom. The minimum Gasteiger partial charge on any atom is -0.491 e. The first kappa shape index (κ1) is 24.9. The van der Waals surface area contributed by atoms with Crippen molar-refractivity contribution in [1.82, 2.24) is 0 Å². The lowest BCUT2D eigenvalue weighted by Crippen LogP contribution is -2.41. The van der Waals surface area contributed by atoms with Crippen LogP contribution < -0.4 is 4.74 Å². The van der Waals surface area contributed by atoms with Gasteiger partial charge in [-0.25, -0.2) is 4.39 Å². The molecule has 2 aromatic rings. The minimum absolute atomic E-state index is 0.0258. The first-order valence-electron chi connectivity index (χ1n) is 12.8. The van der Waals surface area contributed by atoms with E-state index in [4.69, 9.17) is 9.47 Å². The van der Waals surface area contributed by atoms with Crippen molar-refractivity contribution < 1.29 is 18.3 Å². The third kappa shape index (κ3) is 4.93. The highest BCUT2D eigenvalue weighted by molar-refractivity contribution is 5.39. The molecule has 0 aromatic heterocycles.